The lowest BCUT2D eigenvalue weighted by Crippen LogP contribution is -2.21. The summed E-state index contributed by atoms with van der Waals surface area (Å²) in [6.45, 7) is 1.57. The van der Waals surface area contributed by atoms with Crippen LogP contribution in [0.15, 0.2) is 23.0 Å². The SMILES string of the molecule is COc1ccc(/C=C/c2nc3sc(C(=O)[O-])c(C)c3c(=O)[nH]2)cc1OC. The second kappa shape index (κ2) is 7.01. The molecule has 0 bridgehead atoms. The van der Waals surface area contributed by atoms with Gasteiger partial charge >= 0.3 is 0 Å². The molecule has 0 aliphatic carbocycles. The number of aromatic carboxylic acids is 1. The van der Waals surface area contributed by atoms with Crippen molar-refractivity contribution < 1.29 is 19.4 Å². The predicted octanol–water partition coefficient (Wildman–Crippen LogP) is 1.84. The molecule has 0 saturated carbocycles. The third kappa shape index (κ3) is 3.18. The number of hydrogen-bond acceptors (Lipinski definition) is 7. The van der Waals surface area contributed by atoms with E-state index in [1.807, 2.05) is 6.07 Å². The molecule has 0 atom stereocenters. The van der Waals surface area contributed by atoms with Crippen molar-refractivity contribution in [1.29, 1.82) is 0 Å². The number of rotatable bonds is 5. The molecule has 3 rings (SSSR count). The monoisotopic (exact) mass is 371 g/mol. The van der Waals surface area contributed by atoms with Crippen LogP contribution in [0.3, 0.4) is 0 Å². The summed E-state index contributed by atoms with van der Waals surface area (Å²) >= 11 is 0.929. The topological polar surface area (TPSA) is 104 Å². The number of H-pyrrole nitrogens is 1. The molecule has 2 aromatic heterocycles. The Morgan fingerprint density at radius 2 is 1.96 bits per heavy atom. The highest BCUT2D eigenvalue weighted by molar-refractivity contribution is 7.20. The third-order valence-corrected chi connectivity index (χ3v) is 5.01. The lowest BCUT2D eigenvalue weighted by atomic mass is 10.2. The van der Waals surface area contributed by atoms with Crippen molar-refractivity contribution in [3.63, 3.8) is 0 Å². The van der Waals surface area contributed by atoms with Crippen LogP contribution >= 0.6 is 11.3 Å². The van der Waals surface area contributed by atoms with Crippen LogP contribution in [0.2, 0.25) is 0 Å². The molecule has 7 nitrogen and oxygen atoms in total. The van der Waals surface area contributed by atoms with Crippen LogP contribution < -0.4 is 20.1 Å². The average Bonchev–Trinajstić information content (AvgIpc) is 2.97. The Kier molecular flexibility index (Phi) is 4.77. The Balaban J connectivity index is 2.00. The molecule has 26 heavy (non-hydrogen) atoms. The Hall–Kier alpha value is -3.13. The van der Waals surface area contributed by atoms with Crippen molar-refractivity contribution in [3.05, 3.63) is 50.4 Å². The number of hydrogen-bond donors (Lipinski definition) is 1. The molecule has 0 fully saturated rings. The van der Waals surface area contributed by atoms with E-state index in [1.54, 1.807) is 45.4 Å². The molecule has 3 aromatic rings. The van der Waals surface area contributed by atoms with E-state index in [0.717, 1.165) is 16.9 Å². The number of nitrogens with one attached hydrogen (secondary N) is 1. The lowest BCUT2D eigenvalue weighted by Gasteiger charge is -2.07. The van der Waals surface area contributed by atoms with Gasteiger partial charge in [0, 0.05) is 0 Å². The molecule has 1 N–H and O–H groups in total. The van der Waals surface area contributed by atoms with Gasteiger partial charge in [-0.1, -0.05) is 12.1 Å². The van der Waals surface area contributed by atoms with E-state index >= 15 is 0 Å². The summed E-state index contributed by atoms with van der Waals surface area (Å²) in [5.41, 5.74) is 0.806. The number of methoxy groups -OCH3 is 2. The van der Waals surface area contributed by atoms with Crippen molar-refractivity contribution in [2.75, 3.05) is 14.2 Å². The third-order valence-electron chi connectivity index (χ3n) is 3.85. The number of ether oxygens (including phenoxy) is 2. The molecule has 0 aliphatic rings. The van der Waals surface area contributed by atoms with Gasteiger partial charge in [-0.05, 0) is 36.3 Å². The average molecular weight is 371 g/mol. The highest BCUT2D eigenvalue weighted by Crippen LogP contribution is 2.29. The number of carboxylic acid groups (broad SMARTS) is 1. The Bertz CT molecular complexity index is 1080. The van der Waals surface area contributed by atoms with E-state index in [-0.39, 0.29) is 15.8 Å². The van der Waals surface area contributed by atoms with Crippen molar-refractivity contribution in [2.45, 2.75) is 6.92 Å². The molecule has 1 aromatic carbocycles. The zero-order chi connectivity index (χ0) is 18.8. The number of aryl methyl sites for hydroxylation is 1. The van der Waals surface area contributed by atoms with E-state index in [4.69, 9.17) is 9.47 Å². The molecule has 2 heterocycles. The number of fused-ring (bicyclic) bond motifs is 1. The van der Waals surface area contributed by atoms with Crippen LogP contribution in [0.1, 0.15) is 26.6 Å². The van der Waals surface area contributed by atoms with Gasteiger partial charge in [0.05, 0.1) is 30.5 Å². The quantitative estimate of drug-likeness (QED) is 0.734. The highest BCUT2D eigenvalue weighted by Gasteiger charge is 2.14. The van der Waals surface area contributed by atoms with Gasteiger partial charge in [-0.3, -0.25) is 4.79 Å². The zero-order valence-corrected chi connectivity index (χ0v) is 15.1. The normalized spacial score (nSPS) is 11.2. The number of nitrogens with zero attached hydrogens (tertiary/aromatic N) is 1. The number of aromatic nitrogens is 2. The smallest absolute Gasteiger partial charge is 0.260 e. The summed E-state index contributed by atoms with van der Waals surface area (Å²) in [4.78, 5) is 30.8. The van der Waals surface area contributed by atoms with Crippen LogP contribution in [0, 0.1) is 6.92 Å². The maximum Gasteiger partial charge on any atom is 0.260 e. The van der Waals surface area contributed by atoms with E-state index in [9.17, 15) is 14.7 Å². The zero-order valence-electron chi connectivity index (χ0n) is 14.3. The molecule has 8 heteroatoms. The highest BCUT2D eigenvalue weighted by atomic mass is 32.1. The molecular weight excluding hydrogens is 356 g/mol. The molecular formula is C18H15N2O5S-. The largest absolute Gasteiger partial charge is 0.544 e. The van der Waals surface area contributed by atoms with Gasteiger partial charge < -0.3 is 24.4 Å². The fraction of sp³-hybridized carbons (Fsp3) is 0.167. The van der Waals surface area contributed by atoms with E-state index < -0.39 is 5.97 Å². The Morgan fingerprint density at radius 1 is 1.23 bits per heavy atom. The summed E-state index contributed by atoms with van der Waals surface area (Å²) in [6, 6.07) is 5.39. The molecule has 0 unspecified atom stereocenters. The van der Waals surface area contributed by atoms with Crippen LogP contribution in [0.4, 0.5) is 0 Å². The Labute approximate surface area is 152 Å². The Morgan fingerprint density at radius 3 is 2.62 bits per heavy atom. The van der Waals surface area contributed by atoms with Crippen molar-refractivity contribution in [1.82, 2.24) is 9.97 Å². The van der Waals surface area contributed by atoms with Crippen molar-refractivity contribution >= 4 is 39.7 Å². The van der Waals surface area contributed by atoms with Crippen molar-refractivity contribution in [3.8, 4) is 11.5 Å². The number of carboxylic acids is 1. The number of benzene rings is 1. The first-order chi connectivity index (χ1) is 12.4. The van der Waals surface area contributed by atoms with Gasteiger partial charge in [-0.15, -0.1) is 11.3 Å². The number of carbonyl (C=O) groups excluding carboxylic acids is 1. The minimum Gasteiger partial charge on any atom is -0.544 e. The first kappa shape index (κ1) is 17.7. The maximum absolute atomic E-state index is 12.3. The van der Waals surface area contributed by atoms with Gasteiger partial charge in [0.2, 0.25) is 0 Å². The number of thiophene rings is 1. The van der Waals surface area contributed by atoms with Gasteiger partial charge in [0.25, 0.3) is 5.56 Å². The van der Waals surface area contributed by atoms with Gasteiger partial charge in [-0.2, -0.15) is 0 Å². The van der Waals surface area contributed by atoms with Gasteiger partial charge in [0.1, 0.15) is 10.7 Å². The van der Waals surface area contributed by atoms with Crippen molar-refractivity contribution in [2.24, 2.45) is 0 Å². The van der Waals surface area contributed by atoms with Crippen LogP contribution in [0.25, 0.3) is 22.4 Å². The van der Waals surface area contributed by atoms with E-state index in [0.29, 0.717) is 27.7 Å². The summed E-state index contributed by atoms with van der Waals surface area (Å²) < 4.78 is 10.4. The second-order valence-electron chi connectivity index (χ2n) is 5.42. The fourth-order valence-corrected chi connectivity index (χ4v) is 3.59. The van der Waals surface area contributed by atoms with E-state index in [2.05, 4.69) is 9.97 Å². The maximum atomic E-state index is 12.3. The van der Waals surface area contributed by atoms with Crippen LogP contribution in [-0.4, -0.2) is 30.2 Å². The molecule has 134 valence electrons. The number of aromatic amines is 1. The molecule has 0 aliphatic heterocycles. The van der Waals surface area contributed by atoms with Crippen LogP contribution in [0.5, 0.6) is 11.5 Å². The molecule has 0 amide bonds. The first-order valence-corrected chi connectivity index (χ1v) is 8.41. The molecule has 0 spiro atoms. The summed E-state index contributed by atoms with van der Waals surface area (Å²) in [7, 11) is 3.10. The standard InChI is InChI=1S/C18H16N2O5S/c1-9-14-16(21)19-13(20-17(14)26-15(9)18(22)23)7-5-10-4-6-11(24-2)12(8-10)25-3/h4-8H,1-3H3,(H,22,23)(H,19,20,21)/p-1/b7-5+. The molecule has 0 radical (unpaired) electrons. The fourth-order valence-electron chi connectivity index (χ4n) is 2.57. The predicted molar refractivity (Wildman–Crippen MR) is 97.8 cm³/mol. The van der Waals surface area contributed by atoms with Gasteiger partial charge in [-0.25, -0.2) is 4.98 Å². The first-order valence-electron chi connectivity index (χ1n) is 7.59. The minimum absolute atomic E-state index is 0.0130. The molecule has 0 saturated heterocycles. The van der Waals surface area contributed by atoms with Gasteiger partial charge in [0.15, 0.2) is 11.5 Å². The van der Waals surface area contributed by atoms with Crippen LogP contribution in [-0.2, 0) is 0 Å². The van der Waals surface area contributed by atoms with E-state index in [1.165, 1.54) is 0 Å². The number of carbonyl (C=O) groups is 1. The minimum atomic E-state index is -1.31. The summed E-state index contributed by atoms with van der Waals surface area (Å²) in [5, 5.41) is 11.4. The summed E-state index contributed by atoms with van der Waals surface area (Å²) in [6.07, 6.45) is 3.39. The second-order valence-corrected chi connectivity index (χ2v) is 6.42. The lowest BCUT2D eigenvalue weighted by molar-refractivity contribution is -0.254. The summed E-state index contributed by atoms with van der Waals surface area (Å²) in [5.74, 6) is 0.205.